The first-order chi connectivity index (χ1) is 15.0. The lowest BCUT2D eigenvalue weighted by molar-refractivity contribution is 0.102. The highest BCUT2D eigenvalue weighted by Gasteiger charge is 2.08. The summed E-state index contributed by atoms with van der Waals surface area (Å²) in [7, 11) is 0. The number of amides is 1. The van der Waals surface area contributed by atoms with Crippen molar-refractivity contribution in [2.24, 2.45) is 0 Å². The van der Waals surface area contributed by atoms with Crippen molar-refractivity contribution in [3.05, 3.63) is 102 Å². The Bertz CT molecular complexity index is 1200. The van der Waals surface area contributed by atoms with Gasteiger partial charge in [-0.3, -0.25) is 4.79 Å². The summed E-state index contributed by atoms with van der Waals surface area (Å²) < 4.78 is 13.1. The van der Waals surface area contributed by atoms with E-state index in [1.54, 1.807) is 36.5 Å². The van der Waals surface area contributed by atoms with E-state index in [1.165, 1.54) is 12.1 Å². The van der Waals surface area contributed by atoms with Crippen molar-refractivity contribution in [2.45, 2.75) is 13.8 Å². The number of carbonyl (C=O) groups excluding carboxylic acids is 1. The van der Waals surface area contributed by atoms with Crippen LogP contribution in [0.25, 0.3) is 11.4 Å². The number of carbonyl (C=O) groups is 1. The fourth-order valence-corrected chi connectivity index (χ4v) is 3.27. The first kappa shape index (κ1) is 20.2. The van der Waals surface area contributed by atoms with Gasteiger partial charge in [0.15, 0.2) is 5.82 Å². The number of halogens is 1. The first-order valence-corrected chi connectivity index (χ1v) is 9.82. The van der Waals surface area contributed by atoms with Gasteiger partial charge in [-0.15, -0.1) is 0 Å². The molecule has 4 aromatic rings. The van der Waals surface area contributed by atoms with Crippen LogP contribution in [0, 0.1) is 19.7 Å². The van der Waals surface area contributed by atoms with Crippen LogP contribution in [0.3, 0.4) is 0 Å². The lowest BCUT2D eigenvalue weighted by Crippen LogP contribution is -2.12. The fraction of sp³-hybridized carbons (Fsp3) is 0.0800. The Morgan fingerprint density at radius 3 is 2.19 bits per heavy atom. The molecule has 4 rings (SSSR count). The minimum absolute atomic E-state index is 0.169. The third-order valence-corrected chi connectivity index (χ3v) is 4.66. The zero-order chi connectivity index (χ0) is 21.8. The summed E-state index contributed by atoms with van der Waals surface area (Å²) in [6, 6.07) is 20.8. The molecule has 5 nitrogen and oxygen atoms in total. The van der Waals surface area contributed by atoms with Crippen molar-refractivity contribution in [1.29, 1.82) is 0 Å². The molecular weight excluding hydrogens is 391 g/mol. The Labute approximate surface area is 180 Å². The van der Waals surface area contributed by atoms with E-state index in [9.17, 15) is 9.18 Å². The van der Waals surface area contributed by atoms with Gasteiger partial charge in [0.25, 0.3) is 5.91 Å². The fourth-order valence-electron chi connectivity index (χ4n) is 3.27. The molecule has 0 radical (unpaired) electrons. The maximum atomic E-state index is 13.1. The second kappa shape index (κ2) is 8.75. The number of aryl methyl sites for hydroxylation is 2. The van der Waals surface area contributed by atoms with Crippen LogP contribution in [0.5, 0.6) is 0 Å². The first-order valence-electron chi connectivity index (χ1n) is 9.82. The van der Waals surface area contributed by atoms with Gasteiger partial charge in [-0.25, -0.2) is 14.4 Å². The van der Waals surface area contributed by atoms with E-state index in [2.05, 4.69) is 26.7 Å². The molecule has 3 aromatic carbocycles. The maximum Gasteiger partial charge on any atom is 0.255 e. The van der Waals surface area contributed by atoms with Gasteiger partial charge < -0.3 is 10.6 Å². The van der Waals surface area contributed by atoms with Crippen LogP contribution in [-0.4, -0.2) is 15.9 Å². The van der Waals surface area contributed by atoms with E-state index in [4.69, 9.17) is 0 Å². The Kier molecular flexibility index (Phi) is 5.71. The van der Waals surface area contributed by atoms with Crippen molar-refractivity contribution in [3.8, 4) is 11.4 Å². The van der Waals surface area contributed by atoms with Crippen molar-refractivity contribution in [1.82, 2.24) is 9.97 Å². The number of anilines is 3. The molecule has 6 heteroatoms. The number of hydrogen-bond donors (Lipinski definition) is 2. The zero-order valence-electron chi connectivity index (χ0n) is 17.2. The molecule has 154 valence electrons. The van der Waals surface area contributed by atoms with Crippen LogP contribution in [0.1, 0.15) is 21.5 Å². The van der Waals surface area contributed by atoms with E-state index in [-0.39, 0.29) is 11.7 Å². The topological polar surface area (TPSA) is 66.9 Å². The van der Waals surface area contributed by atoms with E-state index in [0.717, 1.165) is 28.1 Å². The van der Waals surface area contributed by atoms with Crippen molar-refractivity contribution < 1.29 is 9.18 Å². The molecule has 0 fully saturated rings. The van der Waals surface area contributed by atoms with Crippen LogP contribution in [0.2, 0.25) is 0 Å². The van der Waals surface area contributed by atoms with E-state index < -0.39 is 0 Å². The SMILES string of the molecule is Cc1cc(C)cc(NC(=O)c2ccc(Nc3ccnc(-c4ccc(F)cc4)n3)cc2)c1. The smallest absolute Gasteiger partial charge is 0.255 e. The Hall–Kier alpha value is -4.06. The monoisotopic (exact) mass is 412 g/mol. The van der Waals surface area contributed by atoms with Gasteiger partial charge in [0.05, 0.1) is 0 Å². The highest BCUT2D eigenvalue weighted by atomic mass is 19.1. The molecule has 0 spiro atoms. The summed E-state index contributed by atoms with van der Waals surface area (Å²) in [4.78, 5) is 21.3. The molecule has 1 amide bonds. The summed E-state index contributed by atoms with van der Waals surface area (Å²) in [6.45, 7) is 4.00. The number of nitrogens with zero attached hydrogens (tertiary/aromatic N) is 2. The summed E-state index contributed by atoms with van der Waals surface area (Å²) in [5.41, 5.74) is 5.04. The van der Waals surface area contributed by atoms with Crippen LogP contribution in [-0.2, 0) is 0 Å². The number of aromatic nitrogens is 2. The minimum Gasteiger partial charge on any atom is -0.340 e. The summed E-state index contributed by atoms with van der Waals surface area (Å²) in [6.07, 6.45) is 1.64. The molecule has 1 aromatic heterocycles. The van der Waals surface area contributed by atoms with E-state index in [1.807, 2.05) is 38.1 Å². The molecule has 1 heterocycles. The number of rotatable bonds is 5. The van der Waals surface area contributed by atoms with Crippen molar-refractivity contribution in [2.75, 3.05) is 10.6 Å². The van der Waals surface area contributed by atoms with Crippen LogP contribution < -0.4 is 10.6 Å². The molecule has 0 atom stereocenters. The Morgan fingerprint density at radius 1 is 0.839 bits per heavy atom. The summed E-state index contributed by atoms with van der Waals surface area (Å²) in [5.74, 6) is 0.619. The zero-order valence-corrected chi connectivity index (χ0v) is 17.2. The number of hydrogen-bond acceptors (Lipinski definition) is 4. The third-order valence-electron chi connectivity index (χ3n) is 4.66. The minimum atomic E-state index is -0.306. The predicted octanol–water partition coefficient (Wildman–Crippen LogP) is 5.90. The molecule has 31 heavy (non-hydrogen) atoms. The van der Waals surface area contributed by atoms with Gasteiger partial charge in [0.1, 0.15) is 11.6 Å². The third kappa shape index (κ3) is 5.11. The van der Waals surface area contributed by atoms with E-state index >= 15 is 0 Å². The second-order valence-electron chi connectivity index (χ2n) is 7.31. The van der Waals surface area contributed by atoms with Crippen LogP contribution in [0.15, 0.2) is 79.0 Å². The number of benzene rings is 3. The highest BCUT2D eigenvalue weighted by Crippen LogP contribution is 2.20. The Balaban J connectivity index is 1.45. The summed E-state index contributed by atoms with van der Waals surface area (Å²) in [5, 5.41) is 6.13. The van der Waals surface area contributed by atoms with Gasteiger partial charge in [-0.2, -0.15) is 0 Å². The van der Waals surface area contributed by atoms with E-state index in [0.29, 0.717) is 17.2 Å². The molecule has 0 aliphatic heterocycles. The van der Waals surface area contributed by atoms with Crippen LogP contribution in [0.4, 0.5) is 21.6 Å². The quantitative estimate of drug-likeness (QED) is 0.429. The normalized spacial score (nSPS) is 10.5. The average molecular weight is 412 g/mol. The predicted molar refractivity (Wildman–Crippen MR) is 121 cm³/mol. The molecule has 0 aliphatic rings. The summed E-state index contributed by atoms with van der Waals surface area (Å²) >= 11 is 0. The molecular formula is C25H21FN4O. The van der Waals surface area contributed by atoms with Gasteiger partial charge >= 0.3 is 0 Å². The molecule has 0 aliphatic carbocycles. The van der Waals surface area contributed by atoms with Crippen molar-refractivity contribution in [3.63, 3.8) is 0 Å². The van der Waals surface area contributed by atoms with Gasteiger partial charge in [-0.05, 0) is 91.7 Å². The van der Waals surface area contributed by atoms with Crippen molar-refractivity contribution >= 4 is 23.1 Å². The highest BCUT2D eigenvalue weighted by molar-refractivity contribution is 6.04. The largest absolute Gasteiger partial charge is 0.340 e. The average Bonchev–Trinajstić information content (AvgIpc) is 2.74. The van der Waals surface area contributed by atoms with Gasteiger partial charge in [0, 0.05) is 28.7 Å². The second-order valence-corrected chi connectivity index (χ2v) is 7.31. The molecule has 2 N–H and O–H groups in total. The van der Waals surface area contributed by atoms with Gasteiger partial charge in [-0.1, -0.05) is 6.07 Å². The lowest BCUT2D eigenvalue weighted by atomic mass is 10.1. The maximum absolute atomic E-state index is 13.1. The molecule has 0 unspecified atom stereocenters. The Morgan fingerprint density at radius 2 is 1.52 bits per heavy atom. The number of nitrogens with one attached hydrogen (secondary N) is 2. The molecule has 0 saturated carbocycles. The van der Waals surface area contributed by atoms with Gasteiger partial charge in [0.2, 0.25) is 0 Å². The lowest BCUT2D eigenvalue weighted by Gasteiger charge is -2.10. The molecule has 0 bridgehead atoms. The standard InChI is InChI=1S/C25H21FN4O/c1-16-13-17(2)15-22(14-16)29-25(31)19-5-9-21(10-6-19)28-23-11-12-27-24(30-23)18-3-7-20(26)8-4-18/h3-15H,1-2H3,(H,29,31)(H,27,28,30). The van der Waals surface area contributed by atoms with Crippen LogP contribution >= 0.6 is 0 Å². The molecule has 0 saturated heterocycles.